The molecule has 0 saturated heterocycles. The molecule has 21 heavy (non-hydrogen) atoms. The average Bonchev–Trinajstić information content (AvgIpc) is 2.90. The zero-order chi connectivity index (χ0) is 14.4. The zero-order valence-corrected chi connectivity index (χ0v) is 13.4. The Morgan fingerprint density at radius 2 is 1.71 bits per heavy atom. The van der Waals surface area contributed by atoms with E-state index in [4.69, 9.17) is 0 Å². The Balaban J connectivity index is 1.93. The van der Waals surface area contributed by atoms with Crippen LogP contribution in [0.1, 0.15) is 28.2 Å². The Hall–Kier alpha value is -1.86. The van der Waals surface area contributed by atoms with E-state index < -0.39 is 0 Å². The van der Waals surface area contributed by atoms with Crippen molar-refractivity contribution in [2.24, 2.45) is 0 Å². The van der Waals surface area contributed by atoms with Crippen LogP contribution in [0.25, 0.3) is 16.8 Å². The minimum Gasteiger partial charge on any atom is -0.0720 e. The summed E-state index contributed by atoms with van der Waals surface area (Å²) in [6.45, 7) is 2.16. The molecule has 0 N–H and O–H groups in total. The van der Waals surface area contributed by atoms with E-state index in [9.17, 15) is 0 Å². The number of halogens is 1. The predicted molar refractivity (Wildman–Crippen MR) is 93.7 cm³/mol. The van der Waals surface area contributed by atoms with Gasteiger partial charge in [0.25, 0.3) is 0 Å². The maximum absolute atomic E-state index is 3.63. The van der Waals surface area contributed by atoms with Crippen LogP contribution >= 0.6 is 15.9 Å². The highest BCUT2D eigenvalue weighted by atomic mass is 79.9. The topological polar surface area (TPSA) is 0 Å². The lowest BCUT2D eigenvalue weighted by Gasteiger charge is -2.15. The molecule has 0 aromatic heterocycles. The van der Waals surface area contributed by atoms with Crippen molar-refractivity contribution in [2.75, 3.05) is 0 Å². The number of rotatable bonds is 1. The molecule has 3 aromatic rings. The number of allylic oxidation sites excluding steroid dienone is 1. The van der Waals surface area contributed by atoms with Gasteiger partial charge in [0.05, 0.1) is 0 Å². The maximum atomic E-state index is 3.63. The van der Waals surface area contributed by atoms with Crippen molar-refractivity contribution in [1.29, 1.82) is 0 Å². The van der Waals surface area contributed by atoms with E-state index in [0.717, 1.165) is 0 Å². The summed E-state index contributed by atoms with van der Waals surface area (Å²) >= 11 is 3.63. The lowest BCUT2D eigenvalue weighted by Crippen LogP contribution is -1.98. The van der Waals surface area contributed by atoms with Gasteiger partial charge >= 0.3 is 0 Å². The van der Waals surface area contributed by atoms with Crippen LogP contribution in [-0.2, 0) is 0 Å². The molecule has 0 fully saturated rings. The van der Waals surface area contributed by atoms with E-state index in [0.29, 0.717) is 5.92 Å². The Kier molecular flexibility index (Phi) is 2.97. The van der Waals surface area contributed by atoms with Crippen LogP contribution in [0.3, 0.4) is 0 Å². The molecular formula is C20H15Br. The second-order valence-corrected chi connectivity index (χ2v) is 6.49. The summed E-state index contributed by atoms with van der Waals surface area (Å²) < 4.78 is 1.18. The second kappa shape index (κ2) is 4.85. The highest BCUT2D eigenvalue weighted by molar-refractivity contribution is 9.10. The van der Waals surface area contributed by atoms with E-state index in [1.54, 1.807) is 0 Å². The van der Waals surface area contributed by atoms with Crippen LogP contribution in [-0.4, -0.2) is 0 Å². The van der Waals surface area contributed by atoms with Crippen LogP contribution in [0.15, 0.2) is 65.1 Å². The van der Waals surface area contributed by atoms with Gasteiger partial charge in [0.15, 0.2) is 0 Å². The fourth-order valence-electron chi connectivity index (χ4n) is 3.23. The summed E-state index contributed by atoms with van der Waals surface area (Å²) in [6, 6.07) is 19.8. The van der Waals surface area contributed by atoms with Crippen LogP contribution < -0.4 is 0 Å². The number of aryl methyl sites for hydroxylation is 1. The highest BCUT2D eigenvalue weighted by Crippen LogP contribution is 2.40. The molecular weight excluding hydrogens is 320 g/mol. The molecule has 0 bridgehead atoms. The molecule has 0 radical (unpaired) electrons. The van der Waals surface area contributed by atoms with Crippen LogP contribution in [0, 0.1) is 6.92 Å². The molecule has 1 aliphatic carbocycles. The van der Waals surface area contributed by atoms with Crippen LogP contribution in [0.5, 0.6) is 0 Å². The number of benzene rings is 3. The van der Waals surface area contributed by atoms with Crippen molar-refractivity contribution < 1.29 is 0 Å². The van der Waals surface area contributed by atoms with Crippen molar-refractivity contribution in [2.45, 2.75) is 12.8 Å². The van der Waals surface area contributed by atoms with Crippen molar-refractivity contribution in [3.05, 3.63) is 87.4 Å². The number of fused-ring (bicyclic) bond motifs is 2. The zero-order valence-electron chi connectivity index (χ0n) is 11.8. The molecule has 1 unspecified atom stereocenters. The van der Waals surface area contributed by atoms with Gasteiger partial charge in [-0.3, -0.25) is 0 Å². The summed E-state index contributed by atoms with van der Waals surface area (Å²) in [5, 5.41) is 2.66. The third kappa shape index (κ3) is 2.04. The first-order valence-corrected chi connectivity index (χ1v) is 7.99. The first-order valence-electron chi connectivity index (χ1n) is 7.20. The van der Waals surface area contributed by atoms with Gasteiger partial charge in [0.1, 0.15) is 0 Å². The second-order valence-electron chi connectivity index (χ2n) is 5.64. The fraction of sp³-hybridized carbons (Fsp3) is 0.100. The molecule has 0 nitrogen and oxygen atoms in total. The van der Waals surface area contributed by atoms with Crippen molar-refractivity contribution in [1.82, 2.24) is 0 Å². The SMILES string of the molecule is Cc1cc2c(cc1Br)C=CC2c1cccc2ccccc12. The van der Waals surface area contributed by atoms with E-state index in [1.165, 1.54) is 37.5 Å². The molecule has 0 heterocycles. The minimum atomic E-state index is 0.359. The lowest BCUT2D eigenvalue weighted by atomic mass is 9.89. The largest absolute Gasteiger partial charge is 0.0720 e. The molecule has 4 rings (SSSR count). The monoisotopic (exact) mass is 334 g/mol. The van der Waals surface area contributed by atoms with Crippen LogP contribution in [0.2, 0.25) is 0 Å². The van der Waals surface area contributed by atoms with Gasteiger partial charge in [-0.25, -0.2) is 0 Å². The average molecular weight is 335 g/mol. The maximum Gasteiger partial charge on any atom is 0.0285 e. The fourth-order valence-corrected chi connectivity index (χ4v) is 3.59. The van der Waals surface area contributed by atoms with E-state index in [1.807, 2.05) is 0 Å². The quantitative estimate of drug-likeness (QED) is 0.506. The van der Waals surface area contributed by atoms with Crippen molar-refractivity contribution in [3.63, 3.8) is 0 Å². The lowest BCUT2D eigenvalue weighted by molar-refractivity contribution is 1.06. The Bertz CT molecular complexity index is 869. The summed E-state index contributed by atoms with van der Waals surface area (Å²) in [5.74, 6) is 0.359. The van der Waals surface area contributed by atoms with Gasteiger partial charge in [-0.05, 0) is 46.0 Å². The molecule has 0 amide bonds. The first kappa shape index (κ1) is 12.8. The van der Waals surface area contributed by atoms with Crippen molar-refractivity contribution in [3.8, 4) is 0 Å². The number of hydrogen-bond donors (Lipinski definition) is 0. The van der Waals surface area contributed by atoms with Gasteiger partial charge in [-0.1, -0.05) is 76.6 Å². The van der Waals surface area contributed by atoms with Gasteiger partial charge < -0.3 is 0 Å². The molecule has 1 aliphatic rings. The highest BCUT2D eigenvalue weighted by Gasteiger charge is 2.21. The molecule has 1 heteroatoms. The summed E-state index contributed by atoms with van der Waals surface area (Å²) in [6.07, 6.45) is 4.56. The smallest absolute Gasteiger partial charge is 0.0285 e. The summed E-state index contributed by atoms with van der Waals surface area (Å²) in [5.41, 5.74) is 5.42. The first-order chi connectivity index (χ1) is 10.2. The molecule has 0 aliphatic heterocycles. The van der Waals surface area contributed by atoms with Crippen LogP contribution in [0.4, 0.5) is 0 Å². The molecule has 3 aromatic carbocycles. The Labute approximate surface area is 133 Å². The molecule has 102 valence electrons. The Morgan fingerprint density at radius 1 is 0.905 bits per heavy atom. The van der Waals surface area contributed by atoms with E-state index in [2.05, 4.69) is 89.6 Å². The van der Waals surface area contributed by atoms with Gasteiger partial charge in [0, 0.05) is 10.4 Å². The normalized spacial score (nSPS) is 16.4. The third-order valence-electron chi connectivity index (χ3n) is 4.33. The Morgan fingerprint density at radius 3 is 2.62 bits per heavy atom. The van der Waals surface area contributed by atoms with Gasteiger partial charge in [0.2, 0.25) is 0 Å². The minimum absolute atomic E-state index is 0.359. The number of hydrogen-bond acceptors (Lipinski definition) is 0. The summed E-state index contributed by atoms with van der Waals surface area (Å²) in [7, 11) is 0. The predicted octanol–water partition coefficient (Wildman–Crippen LogP) is 6.07. The molecule has 0 spiro atoms. The van der Waals surface area contributed by atoms with E-state index in [-0.39, 0.29) is 0 Å². The third-order valence-corrected chi connectivity index (χ3v) is 5.18. The molecule has 1 atom stereocenters. The molecule has 0 saturated carbocycles. The standard InChI is InChI=1S/C20H15Br/c1-13-11-19-15(12-20(13)21)9-10-18(19)17-8-4-6-14-5-2-3-7-16(14)17/h2-12,18H,1H3. The van der Waals surface area contributed by atoms with Gasteiger partial charge in [-0.2, -0.15) is 0 Å². The van der Waals surface area contributed by atoms with Crippen molar-refractivity contribution >= 4 is 32.8 Å². The summed E-state index contributed by atoms with van der Waals surface area (Å²) in [4.78, 5) is 0. The van der Waals surface area contributed by atoms with Gasteiger partial charge in [-0.15, -0.1) is 0 Å². The van der Waals surface area contributed by atoms with E-state index >= 15 is 0 Å².